The van der Waals surface area contributed by atoms with E-state index < -0.39 is 0 Å². The zero-order valence-electron chi connectivity index (χ0n) is 13.7. The minimum Gasteiger partial charge on any atom is -0.487 e. The van der Waals surface area contributed by atoms with E-state index >= 15 is 0 Å². The summed E-state index contributed by atoms with van der Waals surface area (Å²) >= 11 is 6.33. The molecule has 2 rings (SSSR count). The van der Waals surface area contributed by atoms with Crippen molar-refractivity contribution in [2.45, 2.75) is 65.5 Å². The van der Waals surface area contributed by atoms with Gasteiger partial charge in [-0.1, -0.05) is 38.4 Å². The van der Waals surface area contributed by atoms with Crippen molar-refractivity contribution in [3.63, 3.8) is 0 Å². The predicted molar refractivity (Wildman–Crippen MR) is 90.3 cm³/mol. The molecule has 118 valence electrons. The molecule has 0 heterocycles. The molecule has 2 unspecified atom stereocenters. The van der Waals surface area contributed by atoms with Crippen LogP contribution in [0.4, 0.5) is 0 Å². The summed E-state index contributed by atoms with van der Waals surface area (Å²) in [5.41, 5.74) is 1.42. The van der Waals surface area contributed by atoms with Crippen LogP contribution >= 0.6 is 11.6 Å². The summed E-state index contributed by atoms with van der Waals surface area (Å²) in [5, 5.41) is 4.41. The molecule has 0 aromatic heterocycles. The largest absolute Gasteiger partial charge is 0.487 e. The Labute approximate surface area is 134 Å². The number of hydrogen-bond donors (Lipinski definition) is 1. The zero-order valence-corrected chi connectivity index (χ0v) is 14.5. The summed E-state index contributed by atoms with van der Waals surface area (Å²) in [4.78, 5) is 0. The zero-order chi connectivity index (χ0) is 15.5. The van der Waals surface area contributed by atoms with Gasteiger partial charge in [-0.25, -0.2) is 0 Å². The lowest BCUT2D eigenvalue weighted by Gasteiger charge is -2.44. The molecule has 3 heteroatoms. The fraction of sp³-hybridized carbons (Fsp3) is 0.667. The molecule has 1 fully saturated rings. The summed E-state index contributed by atoms with van der Waals surface area (Å²) < 4.78 is 6.29. The molecule has 0 spiro atoms. The van der Waals surface area contributed by atoms with Gasteiger partial charge in [-0.15, -0.1) is 0 Å². The molecule has 1 N–H and O–H groups in total. The fourth-order valence-electron chi connectivity index (χ4n) is 3.28. The summed E-state index contributed by atoms with van der Waals surface area (Å²) in [6.45, 7) is 9.97. The first kappa shape index (κ1) is 16.6. The number of ether oxygens (including phenoxy) is 1. The molecule has 0 aliphatic heterocycles. The van der Waals surface area contributed by atoms with Gasteiger partial charge in [0.2, 0.25) is 0 Å². The molecule has 2 atom stereocenters. The van der Waals surface area contributed by atoms with Crippen LogP contribution in [0.25, 0.3) is 0 Å². The van der Waals surface area contributed by atoms with Crippen LogP contribution < -0.4 is 10.1 Å². The van der Waals surface area contributed by atoms with E-state index in [0.29, 0.717) is 11.1 Å². The van der Waals surface area contributed by atoms with Crippen molar-refractivity contribution in [3.8, 4) is 5.75 Å². The van der Waals surface area contributed by atoms with E-state index in [2.05, 4.69) is 32.2 Å². The van der Waals surface area contributed by atoms with Gasteiger partial charge in [-0.3, -0.25) is 0 Å². The molecular weight excluding hydrogens is 282 g/mol. The SMILES string of the molecule is CCCNC1C(Oc2ccc(C)cc2Cl)CCCC1(C)C. The smallest absolute Gasteiger partial charge is 0.138 e. The van der Waals surface area contributed by atoms with Crippen molar-refractivity contribution < 1.29 is 4.74 Å². The lowest BCUT2D eigenvalue weighted by atomic mass is 9.71. The van der Waals surface area contributed by atoms with E-state index in [0.717, 1.165) is 30.7 Å². The summed E-state index contributed by atoms with van der Waals surface area (Å²) in [7, 11) is 0. The molecule has 1 aliphatic rings. The monoisotopic (exact) mass is 309 g/mol. The molecular formula is C18H28ClNO. The maximum absolute atomic E-state index is 6.33. The van der Waals surface area contributed by atoms with E-state index in [-0.39, 0.29) is 11.5 Å². The molecule has 0 saturated heterocycles. The number of halogens is 1. The minimum absolute atomic E-state index is 0.195. The van der Waals surface area contributed by atoms with Gasteiger partial charge in [-0.2, -0.15) is 0 Å². The number of nitrogens with one attached hydrogen (secondary N) is 1. The third kappa shape index (κ3) is 4.14. The maximum Gasteiger partial charge on any atom is 0.138 e. The van der Waals surface area contributed by atoms with Gasteiger partial charge in [0.25, 0.3) is 0 Å². The number of rotatable bonds is 5. The molecule has 2 nitrogen and oxygen atoms in total. The first-order chi connectivity index (χ1) is 9.94. The van der Waals surface area contributed by atoms with E-state index in [1.807, 2.05) is 19.1 Å². The number of benzene rings is 1. The fourth-order valence-corrected chi connectivity index (χ4v) is 3.56. The van der Waals surface area contributed by atoms with Gasteiger partial charge in [0.05, 0.1) is 5.02 Å². The standard InChI is InChI=1S/C18H28ClNO/c1-5-11-20-17-16(7-6-10-18(17,3)4)21-15-9-8-13(2)12-14(15)19/h8-9,12,16-17,20H,5-7,10-11H2,1-4H3. The van der Waals surface area contributed by atoms with E-state index in [1.54, 1.807) is 0 Å². The Balaban J connectivity index is 2.15. The quantitative estimate of drug-likeness (QED) is 0.828. The Morgan fingerprint density at radius 2 is 2.14 bits per heavy atom. The lowest BCUT2D eigenvalue weighted by Crippen LogP contribution is -2.54. The van der Waals surface area contributed by atoms with E-state index in [4.69, 9.17) is 16.3 Å². The van der Waals surface area contributed by atoms with Crippen LogP contribution in [0, 0.1) is 12.3 Å². The second-order valence-corrected chi connectivity index (χ2v) is 7.31. The topological polar surface area (TPSA) is 21.3 Å². The van der Waals surface area contributed by atoms with Gasteiger partial charge < -0.3 is 10.1 Å². The summed E-state index contributed by atoms with van der Waals surface area (Å²) in [6, 6.07) is 6.41. The van der Waals surface area contributed by atoms with Gasteiger partial charge in [0, 0.05) is 6.04 Å². The molecule has 1 aromatic rings. The molecule has 1 saturated carbocycles. The van der Waals surface area contributed by atoms with Crippen LogP contribution in [0.3, 0.4) is 0 Å². The molecule has 0 bridgehead atoms. The summed E-state index contributed by atoms with van der Waals surface area (Å²) in [6.07, 6.45) is 4.89. The third-order valence-electron chi connectivity index (χ3n) is 4.50. The van der Waals surface area contributed by atoms with Gasteiger partial charge in [0.15, 0.2) is 0 Å². The Bertz CT molecular complexity index is 472. The average Bonchev–Trinajstić information content (AvgIpc) is 2.40. The molecule has 0 amide bonds. The minimum atomic E-state index is 0.195. The van der Waals surface area contributed by atoms with Gasteiger partial charge >= 0.3 is 0 Å². The van der Waals surface area contributed by atoms with E-state index in [9.17, 15) is 0 Å². The van der Waals surface area contributed by atoms with Crippen LogP contribution in [-0.4, -0.2) is 18.7 Å². The highest BCUT2D eigenvalue weighted by Crippen LogP contribution is 2.38. The molecule has 0 radical (unpaired) electrons. The van der Waals surface area contributed by atoms with Crippen LogP contribution in [-0.2, 0) is 0 Å². The van der Waals surface area contributed by atoms with Crippen LogP contribution in [0.1, 0.15) is 52.0 Å². The van der Waals surface area contributed by atoms with Crippen LogP contribution in [0.2, 0.25) is 5.02 Å². The molecule has 21 heavy (non-hydrogen) atoms. The second kappa shape index (κ2) is 7.02. The highest BCUT2D eigenvalue weighted by Gasteiger charge is 2.40. The highest BCUT2D eigenvalue weighted by atomic mass is 35.5. The van der Waals surface area contributed by atoms with Crippen molar-refractivity contribution in [1.82, 2.24) is 5.32 Å². The van der Waals surface area contributed by atoms with Crippen LogP contribution in [0.15, 0.2) is 18.2 Å². The average molecular weight is 310 g/mol. The Hall–Kier alpha value is -0.730. The number of aryl methyl sites for hydroxylation is 1. The number of hydrogen-bond acceptors (Lipinski definition) is 2. The van der Waals surface area contributed by atoms with Crippen molar-refractivity contribution in [2.75, 3.05) is 6.54 Å². The van der Waals surface area contributed by atoms with Gasteiger partial charge in [0.1, 0.15) is 11.9 Å². The normalized spacial score (nSPS) is 24.8. The third-order valence-corrected chi connectivity index (χ3v) is 4.80. The summed E-state index contributed by atoms with van der Waals surface area (Å²) in [5.74, 6) is 0.813. The first-order valence-electron chi connectivity index (χ1n) is 8.10. The highest BCUT2D eigenvalue weighted by molar-refractivity contribution is 6.32. The predicted octanol–water partition coefficient (Wildman–Crippen LogP) is 4.97. The maximum atomic E-state index is 6.33. The van der Waals surface area contributed by atoms with Crippen molar-refractivity contribution >= 4 is 11.6 Å². The second-order valence-electron chi connectivity index (χ2n) is 6.90. The first-order valence-corrected chi connectivity index (χ1v) is 8.48. The lowest BCUT2D eigenvalue weighted by molar-refractivity contribution is 0.0365. The molecule has 1 aliphatic carbocycles. The van der Waals surface area contributed by atoms with Crippen molar-refractivity contribution in [2.24, 2.45) is 5.41 Å². The van der Waals surface area contributed by atoms with Gasteiger partial charge in [-0.05, 0) is 62.3 Å². The Morgan fingerprint density at radius 1 is 1.38 bits per heavy atom. The Kier molecular flexibility index (Phi) is 5.56. The molecule has 1 aromatic carbocycles. The van der Waals surface area contributed by atoms with Crippen molar-refractivity contribution in [3.05, 3.63) is 28.8 Å². The van der Waals surface area contributed by atoms with Crippen LogP contribution in [0.5, 0.6) is 5.75 Å². The van der Waals surface area contributed by atoms with Crippen molar-refractivity contribution in [1.29, 1.82) is 0 Å². The van der Waals surface area contributed by atoms with E-state index in [1.165, 1.54) is 12.8 Å². The Morgan fingerprint density at radius 3 is 2.81 bits per heavy atom.